The third-order valence-electron chi connectivity index (χ3n) is 2.41. The molecule has 1 aromatic heterocycles. The summed E-state index contributed by atoms with van der Waals surface area (Å²) in [5, 5.41) is 0.359. The maximum Gasteiger partial charge on any atom is 0.291 e. The number of fused-ring (bicyclic) bond motifs is 1. The molecule has 0 saturated carbocycles. The quantitative estimate of drug-likeness (QED) is 0.819. The van der Waals surface area contributed by atoms with E-state index in [0.717, 1.165) is 4.68 Å². The van der Waals surface area contributed by atoms with Gasteiger partial charge in [-0.25, -0.2) is 9.66 Å². The number of carbonyl (C=O) groups excluding carboxylic acids is 1. The number of amides is 1. The Labute approximate surface area is 123 Å². The summed E-state index contributed by atoms with van der Waals surface area (Å²) in [7, 11) is 0. The molecule has 0 radical (unpaired) electrons. The summed E-state index contributed by atoms with van der Waals surface area (Å²) >= 11 is 16.3. The second kappa shape index (κ2) is 5.00. The van der Waals surface area contributed by atoms with Gasteiger partial charge in [0.1, 0.15) is 5.82 Å². The molecule has 100 valence electrons. The van der Waals surface area contributed by atoms with Crippen molar-refractivity contribution in [3.63, 3.8) is 0 Å². The van der Waals surface area contributed by atoms with Crippen molar-refractivity contribution < 1.29 is 4.79 Å². The SMILES string of the molecule is Cc1nc2ccccc2c(=O)n1NC(=O)C(Cl)(Cl)Cl. The zero-order chi connectivity index (χ0) is 14.2. The third kappa shape index (κ3) is 2.83. The first-order valence-corrected chi connectivity index (χ1v) is 6.30. The Hall–Kier alpha value is -1.30. The standard InChI is InChI=1S/C11H8Cl3N3O2/c1-6-15-8-5-3-2-4-7(8)9(18)17(6)16-10(19)11(12,13)14/h2-5H,1H3,(H,16,19). The molecule has 8 heteroatoms. The number of nitrogens with zero attached hydrogens (tertiary/aromatic N) is 2. The minimum absolute atomic E-state index is 0.284. The molecule has 19 heavy (non-hydrogen) atoms. The molecular formula is C11H8Cl3N3O2. The lowest BCUT2D eigenvalue weighted by molar-refractivity contribution is -0.116. The van der Waals surface area contributed by atoms with Gasteiger partial charge in [0.2, 0.25) is 0 Å². The van der Waals surface area contributed by atoms with Crippen molar-refractivity contribution in [1.82, 2.24) is 9.66 Å². The summed E-state index contributed by atoms with van der Waals surface area (Å²) in [6.07, 6.45) is 0. The molecule has 1 amide bonds. The molecule has 1 N–H and O–H groups in total. The Morgan fingerprint density at radius 3 is 2.58 bits per heavy atom. The van der Waals surface area contributed by atoms with Gasteiger partial charge in [0, 0.05) is 0 Å². The maximum absolute atomic E-state index is 12.2. The van der Waals surface area contributed by atoms with Crippen LogP contribution < -0.4 is 11.0 Å². The van der Waals surface area contributed by atoms with E-state index in [-0.39, 0.29) is 5.82 Å². The summed E-state index contributed by atoms with van der Waals surface area (Å²) in [6, 6.07) is 6.76. The molecule has 0 aliphatic heterocycles. The van der Waals surface area contributed by atoms with Gasteiger partial charge < -0.3 is 0 Å². The molecule has 0 atom stereocenters. The van der Waals surface area contributed by atoms with Crippen LogP contribution in [0.2, 0.25) is 0 Å². The lowest BCUT2D eigenvalue weighted by Crippen LogP contribution is -2.40. The number of halogens is 3. The van der Waals surface area contributed by atoms with Crippen LogP contribution in [0.15, 0.2) is 29.1 Å². The average Bonchev–Trinajstić information content (AvgIpc) is 2.33. The van der Waals surface area contributed by atoms with Crippen LogP contribution in [0.1, 0.15) is 5.82 Å². The number of aromatic nitrogens is 2. The smallest absolute Gasteiger partial charge is 0.268 e. The van der Waals surface area contributed by atoms with Crippen molar-refractivity contribution in [3.05, 3.63) is 40.4 Å². The highest BCUT2D eigenvalue weighted by Gasteiger charge is 2.31. The first-order chi connectivity index (χ1) is 8.80. The molecule has 0 fully saturated rings. The normalized spacial score (nSPS) is 11.6. The van der Waals surface area contributed by atoms with E-state index >= 15 is 0 Å². The van der Waals surface area contributed by atoms with Gasteiger partial charge in [0.05, 0.1) is 10.9 Å². The number of hydrogen-bond acceptors (Lipinski definition) is 3. The van der Waals surface area contributed by atoms with Gasteiger partial charge in [-0.3, -0.25) is 15.0 Å². The van der Waals surface area contributed by atoms with E-state index in [4.69, 9.17) is 34.8 Å². The van der Waals surface area contributed by atoms with Gasteiger partial charge in [-0.15, -0.1) is 0 Å². The second-order valence-electron chi connectivity index (χ2n) is 3.76. The molecule has 0 bridgehead atoms. The highest BCUT2D eigenvalue weighted by Crippen LogP contribution is 2.26. The van der Waals surface area contributed by atoms with Crippen LogP contribution in [0.4, 0.5) is 0 Å². The predicted molar refractivity (Wildman–Crippen MR) is 75.4 cm³/mol. The first-order valence-electron chi connectivity index (χ1n) is 5.17. The van der Waals surface area contributed by atoms with Crippen molar-refractivity contribution in [1.29, 1.82) is 0 Å². The van der Waals surface area contributed by atoms with Crippen molar-refractivity contribution in [2.24, 2.45) is 0 Å². The van der Waals surface area contributed by atoms with Gasteiger partial charge in [-0.2, -0.15) is 0 Å². The van der Waals surface area contributed by atoms with Gasteiger partial charge in [0.25, 0.3) is 15.3 Å². The number of aryl methyl sites for hydroxylation is 1. The largest absolute Gasteiger partial charge is 0.291 e. The van der Waals surface area contributed by atoms with E-state index in [0.29, 0.717) is 10.9 Å². The lowest BCUT2D eigenvalue weighted by atomic mass is 10.2. The lowest BCUT2D eigenvalue weighted by Gasteiger charge is -2.15. The molecule has 2 aromatic rings. The zero-order valence-electron chi connectivity index (χ0n) is 9.65. The number of carbonyl (C=O) groups is 1. The van der Waals surface area contributed by atoms with Crippen molar-refractivity contribution >= 4 is 51.6 Å². The molecule has 1 heterocycles. The van der Waals surface area contributed by atoms with Crippen LogP contribution in [-0.4, -0.2) is 19.4 Å². The van der Waals surface area contributed by atoms with Gasteiger partial charge in [-0.1, -0.05) is 46.9 Å². The Balaban J connectivity index is 2.56. The molecule has 5 nitrogen and oxygen atoms in total. The average molecular weight is 321 g/mol. The van der Waals surface area contributed by atoms with E-state index in [1.54, 1.807) is 31.2 Å². The van der Waals surface area contributed by atoms with E-state index in [1.807, 2.05) is 0 Å². The number of rotatable bonds is 1. The fourth-order valence-corrected chi connectivity index (χ4v) is 1.67. The van der Waals surface area contributed by atoms with Crippen LogP contribution in [0.5, 0.6) is 0 Å². The molecular weight excluding hydrogens is 312 g/mol. The number of para-hydroxylation sites is 1. The number of alkyl halides is 3. The topological polar surface area (TPSA) is 64.0 Å². The van der Waals surface area contributed by atoms with Crippen LogP contribution >= 0.6 is 34.8 Å². The molecule has 2 rings (SSSR count). The van der Waals surface area contributed by atoms with E-state index < -0.39 is 15.3 Å². The van der Waals surface area contributed by atoms with E-state index in [9.17, 15) is 9.59 Å². The summed E-state index contributed by atoms with van der Waals surface area (Å²) in [5.74, 6) is -0.647. The Bertz CT molecular complexity index is 706. The van der Waals surface area contributed by atoms with Gasteiger partial charge in [0.15, 0.2) is 0 Å². The maximum atomic E-state index is 12.2. The van der Waals surface area contributed by atoms with Crippen molar-refractivity contribution in [3.8, 4) is 0 Å². The molecule has 0 aliphatic rings. The fourth-order valence-electron chi connectivity index (χ4n) is 1.54. The van der Waals surface area contributed by atoms with Crippen molar-refractivity contribution in [2.45, 2.75) is 10.7 Å². The molecule has 1 aromatic carbocycles. The summed E-state index contributed by atoms with van der Waals surface area (Å²) < 4.78 is -1.20. The highest BCUT2D eigenvalue weighted by molar-refractivity contribution is 6.76. The summed E-state index contributed by atoms with van der Waals surface area (Å²) in [6.45, 7) is 1.56. The van der Waals surface area contributed by atoms with E-state index in [2.05, 4.69) is 10.4 Å². The van der Waals surface area contributed by atoms with Gasteiger partial charge >= 0.3 is 0 Å². The predicted octanol–water partition coefficient (Wildman–Crippen LogP) is 2.15. The molecule has 0 saturated heterocycles. The minimum atomic E-state index is -2.16. The monoisotopic (exact) mass is 319 g/mol. The Kier molecular flexibility index (Phi) is 3.71. The van der Waals surface area contributed by atoms with Crippen LogP contribution in [0.3, 0.4) is 0 Å². The highest BCUT2D eigenvalue weighted by atomic mass is 35.6. The van der Waals surface area contributed by atoms with Crippen LogP contribution in [0.25, 0.3) is 10.9 Å². The number of hydrogen-bond donors (Lipinski definition) is 1. The third-order valence-corrected chi connectivity index (χ3v) is 2.93. The summed E-state index contributed by atoms with van der Waals surface area (Å²) in [5.41, 5.74) is 2.31. The molecule has 0 aliphatic carbocycles. The summed E-state index contributed by atoms with van der Waals surface area (Å²) in [4.78, 5) is 28.0. The Morgan fingerprint density at radius 1 is 1.32 bits per heavy atom. The first kappa shape index (κ1) is 14.1. The second-order valence-corrected chi connectivity index (χ2v) is 6.04. The number of nitrogens with one attached hydrogen (secondary N) is 1. The minimum Gasteiger partial charge on any atom is -0.268 e. The van der Waals surface area contributed by atoms with Crippen molar-refractivity contribution in [2.75, 3.05) is 5.43 Å². The van der Waals surface area contributed by atoms with Crippen LogP contribution in [0, 0.1) is 6.92 Å². The molecule has 0 unspecified atom stereocenters. The number of benzene rings is 1. The van der Waals surface area contributed by atoms with Gasteiger partial charge in [-0.05, 0) is 19.1 Å². The Morgan fingerprint density at radius 2 is 1.95 bits per heavy atom. The van der Waals surface area contributed by atoms with Crippen LogP contribution in [-0.2, 0) is 4.79 Å². The fraction of sp³-hybridized carbons (Fsp3) is 0.182. The zero-order valence-corrected chi connectivity index (χ0v) is 11.9. The van der Waals surface area contributed by atoms with E-state index in [1.165, 1.54) is 0 Å². The molecule has 0 spiro atoms.